The average molecular weight is 284 g/mol. The van der Waals surface area contributed by atoms with Gasteiger partial charge in [0.15, 0.2) is 6.54 Å². The van der Waals surface area contributed by atoms with E-state index in [4.69, 9.17) is 0 Å². The van der Waals surface area contributed by atoms with Gasteiger partial charge in [-0.15, -0.1) is 0 Å². The maximum Gasteiger partial charge on any atom is 0.358 e. The van der Waals surface area contributed by atoms with Crippen molar-refractivity contribution in [1.29, 1.82) is 0 Å². The first-order valence-corrected chi connectivity index (χ1v) is 6.70. The smallest absolute Gasteiger partial charge is 0.266 e. The molecule has 0 aromatic heterocycles. The van der Waals surface area contributed by atoms with Crippen LogP contribution in [0, 0.1) is 5.82 Å². The summed E-state index contributed by atoms with van der Waals surface area (Å²) in [5.74, 6) is 0.334. The number of anilines is 1. The van der Waals surface area contributed by atoms with E-state index in [2.05, 4.69) is 10.3 Å². The van der Waals surface area contributed by atoms with Crippen LogP contribution in [0.4, 0.5) is 10.1 Å². The highest BCUT2D eigenvalue weighted by Crippen LogP contribution is 2.11. The van der Waals surface area contributed by atoms with Gasteiger partial charge in [0.1, 0.15) is 12.4 Å². The fourth-order valence-corrected chi connectivity index (χ4v) is 2.19. The first-order chi connectivity index (χ1) is 10.2. The summed E-state index contributed by atoms with van der Waals surface area (Å²) >= 11 is 0. The minimum absolute atomic E-state index is 0.00321. The summed E-state index contributed by atoms with van der Waals surface area (Å²) in [5.41, 5.74) is 1.78. The van der Waals surface area contributed by atoms with E-state index in [1.54, 1.807) is 17.0 Å². The lowest BCUT2D eigenvalue weighted by Gasteiger charge is -2.12. The highest BCUT2D eigenvalue weighted by atomic mass is 19.1. The quantitative estimate of drug-likeness (QED) is 0.872. The van der Waals surface area contributed by atoms with E-state index >= 15 is 0 Å². The Hall–Kier alpha value is -2.69. The zero-order chi connectivity index (χ0) is 14.7. The van der Waals surface area contributed by atoms with Crippen LogP contribution in [0.5, 0.6) is 0 Å². The molecular formula is C16H15FN3O+. The molecule has 5 heteroatoms. The molecule has 0 bridgehead atoms. The molecule has 1 heterocycles. The van der Waals surface area contributed by atoms with Crippen molar-refractivity contribution in [3.05, 3.63) is 66.0 Å². The lowest BCUT2D eigenvalue weighted by Crippen LogP contribution is -2.72. The van der Waals surface area contributed by atoms with Gasteiger partial charge in [-0.1, -0.05) is 30.3 Å². The van der Waals surface area contributed by atoms with Gasteiger partial charge in [-0.25, -0.2) is 9.71 Å². The fourth-order valence-electron chi connectivity index (χ4n) is 2.19. The van der Waals surface area contributed by atoms with E-state index in [-0.39, 0.29) is 18.3 Å². The van der Waals surface area contributed by atoms with Crippen LogP contribution in [0.3, 0.4) is 0 Å². The Morgan fingerprint density at radius 2 is 1.81 bits per heavy atom. The highest BCUT2D eigenvalue weighted by molar-refractivity contribution is 6.03. The fraction of sp³-hybridized carbons (Fsp3) is 0.125. The maximum atomic E-state index is 12.9. The number of nitrogens with zero attached hydrogens (tertiary/aromatic N) is 1. The highest BCUT2D eigenvalue weighted by Gasteiger charge is 2.32. The summed E-state index contributed by atoms with van der Waals surface area (Å²) in [7, 11) is 0. The lowest BCUT2D eigenvalue weighted by molar-refractivity contribution is -0.438. The molecule has 2 aromatic carbocycles. The molecule has 1 aliphatic rings. The van der Waals surface area contributed by atoms with Crippen LogP contribution in [-0.4, -0.2) is 23.3 Å². The van der Waals surface area contributed by atoms with Crippen molar-refractivity contribution in [2.45, 2.75) is 6.54 Å². The minimum atomic E-state index is -0.290. The average Bonchev–Trinajstić information content (AvgIpc) is 2.84. The molecule has 3 rings (SSSR count). The summed E-state index contributed by atoms with van der Waals surface area (Å²) in [6, 6.07) is 15.8. The van der Waals surface area contributed by atoms with Gasteiger partial charge in [-0.2, -0.15) is 4.90 Å². The molecular weight excluding hydrogens is 269 g/mol. The van der Waals surface area contributed by atoms with Crippen molar-refractivity contribution in [2.24, 2.45) is 0 Å². The molecule has 0 radical (unpaired) electrons. The number of nitrogens with one attached hydrogen (secondary N) is 2. The van der Waals surface area contributed by atoms with Gasteiger partial charge < -0.3 is 0 Å². The summed E-state index contributed by atoms with van der Waals surface area (Å²) in [5, 5.41) is 3.11. The summed E-state index contributed by atoms with van der Waals surface area (Å²) in [6.07, 6.45) is 0. The Labute approximate surface area is 121 Å². The van der Waals surface area contributed by atoms with Gasteiger partial charge in [0.05, 0.1) is 5.69 Å². The summed E-state index contributed by atoms with van der Waals surface area (Å²) in [6.45, 7) is 0.757. The molecule has 0 spiro atoms. The number of carbonyl (C=O) groups excluding carboxylic acids is 1. The van der Waals surface area contributed by atoms with Crippen molar-refractivity contribution in [3.8, 4) is 0 Å². The van der Waals surface area contributed by atoms with Crippen molar-refractivity contribution in [2.75, 3.05) is 11.9 Å². The number of guanidine groups is 1. The minimum Gasteiger partial charge on any atom is -0.266 e. The van der Waals surface area contributed by atoms with E-state index < -0.39 is 0 Å². The van der Waals surface area contributed by atoms with E-state index in [9.17, 15) is 9.18 Å². The number of carbonyl (C=O) groups is 1. The van der Waals surface area contributed by atoms with Crippen molar-refractivity contribution in [1.82, 2.24) is 4.90 Å². The molecule has 0 aliphatic carbocycles. The Morgan fingerprint density at radius 1 is 1.10 bits per heavy atom. The lowest BCUT2D eigenvalue weighted by atomic mass is 10.2. The molecule has 2 aromatic rings. The molecule has 0 saturated carbocycles. The number of amides is 1. The first-order valence-electron chi connectivity index (χ1n) is 6.70. The predicted molar refractivity (Wildman–Crippen MR) is 77.9 cm³/mol. The van der Waals surface area contributed by atoms with Gasteiger partial charge in [0, 0.05) is 0 Å². The Kier molecular flexibility index (Phi) is 3.64. The van der Waals surface area contributed by atoms with Crippen LogP contribution >= 0.6 is 0 Å². The molecule has 0 atom stereocenters. The van der Waals surface area contributed by atoms with Gasteiger partial charge >= 0.3 is 11.9 Å². The van der Waals surface area contributed by atoms with E-state index in [1.807, 2.05) is 30.3 Å². The van der Waals surface area contributed by atoms with Crippen molar-refractivity contribution >= 4 is 17.6 Å². The van der Waals surface area contributed by atoms with E-state index in [0.29, 0.717) is 12.5 Å². The molecule has 1 aliphatic heterocycles. The zero-order valence-electron chi connectivity index (χ0n) is 11.3. The number of hydrogen-bond donors (Lipinski definition) is 2. The monoisotopic (exact) mass is 284 g/mol. The second-order valence-corrected chi connectivity index (χ2v) is 4.80. The SMILES string of the molecule is O=C1C[NH+]=C(Nc2ccc(F)cc2)N1Cc1ccccc1. The van der Waals surface area contributed by atoms with Gasteiger partial charge in [-0.05, 0) is 29.8 Å². The van der Waals surface area contributed by atoms with Crippen molar-refractivity contribution < 1.29 is 14.2 Å². The molecule has 2 N–H and O–H groups in total. The third-order valence-electron chi connectivity index (χ3n) is 3.27. The molecule has 0 unspecified atom stereocenters. The Balaban J connectivity index is 1.74. The number of hydrogen-bond acceptors (Lipinski definition) is 2. The molecule has 4 nitrogen and oxygen atoms in total. The van der Waals surface area contributed by atoms with Gasteiger partial charge in [0.25, 0.3) is 0 Å². The van der Waals surface area contributed by atoms with E-state index in [0.717, 1.165) is 11.3 Å². The second kappa shape index (κ2) is 5.75. The van der Waals surface area contributed by atoms with E-state index in [1.165, 1.54) is 12.1 Å². The van der Waals surface area contributed by atoms with Crippen LogP contribution in [0.2, 0.25) is 0 Å². The molecule has 1 amide bonds. The Bertz CT molecular complexity index is 668. The summed E-state index contributed by atoms with van der Waals surface area (Å²) in [4.78, 5) is 16.7. The van der Waals surface area contributed by atoms with Crippen LogP contribution in [0.1, 0.15) is 5.56 Å². The third-order valence-corrected chi connectivity index (χ3v) is 3.27. The number of benzene rings is 2. The second-order valence-electron chi connectivity index (χ2n) is 4.80. The first kappa shape index (κ1) is 13.3. The third kappa shape index (κ3) is 3.08. The Morgan fingerprint density at radius 3 is 2.52 bits per heavy atom. The van der Waals surface area contributed by atoms with Crippen LogP contribution < -0.4 is 10.3 Å². The van der Waals surface area contributed by atoms with Crippen LogP contribution in [0.15, 0.2) is 54.6 Å². The number of rotatable bonds is 3. The van der Waals surface area contributed by atoms with Gasteiger partial charge in [0.2, 0.25) is 0 Å². The van der Waals surface area contributed by atoms with Crippen molar-refractivity contribution in [3.63, 3.8) is 0 Å². The predicted octanol–water partition coefficient (Wildman–Crippen LogP) is 0.717. The largest absolute Gasteiger partial charge is 0.358 e. The molecule has 0 saturated heterocycles. The van der Waals surface area contributed by atoms with Crippen LogP contribution in [-0.2, 0) is 11.3 Å². The normalized spacial score (nSPS) is 14.2. The number of halogens is 1. The summed E-state index contributed by atoms with van der Waals surface area (Å²) < 4.78 is 12.9. The maximum absolute atomic E-state index is 12.9. The zero-order valence-corrected chi connectivity index (χ0v) is 11.3. The van der Waals surface area contributed by atoms with Gasteiger partial charge in [-0.3, -0.25) is 9.79 Å². The topological polar surface area (TPSA) is 46.3 Å². The molecule has 106 valence electrons. The molecule has 21 heavy (non-hydrogen) atoms. The standard InChI is InChI=1S/C16H14FN3O/c17-13-6-8-14(9-7-13)19-16-18-10-15(21)20(16)11-12-4-2-1-3-5-12/h1-9H,10-11H2,(H,18,19)/p+1. The van der Waals surface area contributed by atoms with Crippen LogP contribution in [0.25, 0.3) is 0 Å². The molecule has 0 fully saturated rings.